The van der Waals surface area contributed by atoms with Gasteiger partial charge in [-0.15, -0.1) is 12.3 Å². The number of nitrogens with zero attached hydrogens (tertiary/aromatic N) is 3. The Labute approximate surface area is 393 Å². The van der Waals surface area contributed by atoms with E-state index in [4.69, 9.17) is 29.4 Å². The van der Waals surface area contributed by atoms with Crippen molar-refractivity contribution >= 4 is 53.5 Å². The van der Waals surface area contributed by atoms with Gasteiger partial charge in [-0.25, -0.2) is 9.59 Å². The summed E-state index contributed by atoms with van der Waals surface area (Å²) in [6.45, 7) is 9.53. The third kappa shape index (κ3) is 21.0. The number of urea groups is 1. The molecule has 0 aliphatic carbocycles. The van der Waals surface area contributed by atoms with E-state index in [1.165, 1.54) is 17.0 Å². The van der Waals surface area contributed by atoms with Gasteiger partial charge in [0.05, 0.1) is 6.04 Å². The Morgan fingerprint density at radius 2 is 1.49 bits per heavy atom. The zero-order valence-electron chi connectivity index (χ0n) is 39.4. The Hall–Kier alpha value is -6.63. The fraction of sp³-hybridized carbons (Fsp3) is 0.622. The number of carboxylic acid groups (broad SMARTS) is 1. The lowest BCUT2D eigenvalue weighted by Gasteiger charge is -2.33. The summed E-state index contributed by atoms with van der Waals surface area (Å²) in [5, 5.41) is 35.6. The monoisotopic (exact) mass is 940 g/mol. The molecule has 0 bridgehead atoms. The van der Waals surface area contributed by atoms with Crippen LogP contribution in [0, 0.1) is 23.7 Å². The Morgan fingerprint density at radius 3 is 2.10 bits per heavy atom. The molecule has 0 saturated carbocycles. The number of hydrogen-bond acceptors (Lipinski definition) is 11. The van der Waals surface area contributed by atoms with E-state index in [1.54, 1.807) is 32.9 Å². The van der Waals surface area contributed by atoms with Crippen molar-refractivity contribution in [3.63, 3.8) is 0 Å². The number of nitrogens with one attached hydrogen (secondary N) is 6. The van der Waals surface area contributed by atoms with Crippen molar-refractivity contribution in [3.05, 3.63) is 29.8 Å². The molecule has 2 rings (SSSR count). The van der Waals surface area contributed by atoms with Crippen LogP contribution in [0.5, 0.6) is 5.75 Å². The topological polar surface area (TPSA) is 364 Å². The van der Waals surface area contributed by atoms with Gasteiger partial charge in [0.15, 0.2) is 11.9 Å². The Bertz CT molecular complexity index is 1920. The van der Waals surface area contributed by atoms with Gasteiger partial charge < -0.3 is 64.6 Å². The first-order chi connectivity index (χ1) is 31.5. The summed E-state index contributed by atoms with van der Waals surface area (Å²) in [5.74, 6) is -2.44. The number of likely N-dealkylation sites (tertiary alicyclic amines) is 1. The summed E-state index contributed by atoms with van der Waals surface area (Å²) in [6, 6.07) is -1.63. The highest BCUT2D eigenvalue weighted by Gasteiger charge is 2.41. The molecule has 1 aliphatic heterocycles. The molecule has 1 aromatic carbocycles. The molecule has 16 N–H and O–H groups in total. The summed E-state index contributed by atoms with van der Waals surface area (Å²) in [5.41, 5.74) is 22.5. The predicted molar refractivity (Wildman–Crippen MR) is 254 cm³/mol. The van der Waals surface area contributed by atoms with E-state index in [9.17, 15) is 43.8 Å². The van der Waals surface area contributed by atoms with Crippen LogP contribution in [0.25, 0.3) is 0 Å². The minimum atomic E-state index is -1.31. The lowest BCUT2D eigenvalue weighted by molar-refractivity contribution is -0.143. The molecule has 6 atom stereocenters. The van der Waals surface area contributed by atoms with Crippen molar-refractivity contribution in [1.82, 2.24) is 36.8 Å². The highest BCUT2D eigenvalue weighted by atomic mass is 16.4. The SMILES string of the molecule is C#CCCCCNC(=O)NC(N)=NCCC[C@H](NC(=O)[C@@H](N)CCCN=C(N)N)C(=O)N1CCC[C@H]1C(=O)N[C@@H](Cc1ccc(O)cc1)C(=O)N[C@H](C(=O)N[C@@H](CC(C)C)C(=O)O)C(C)(C)C. The number of carbonyl (C=O) groups excluding carboxylic acids is 6. The molecule has 0 aromatic heterocycles. The number of amides is 7. The van der Waals surface area contributed by atoms with Gasteiger partial charge in [0.1, 0.15) is 36.0 Å². The second-order valence-corrected chi connectivity index (χ2v) is 18.0. The first kappa shape index (κ1) is 56.5. The number of hydrogen-bond donors (Lipinski definition) is 12. The first-order valence-electron chi connectivity index (χ1n) is 22.7. The van der Waals surface area contributed by atoms with Crippen LogP contribution in [0.2, 0.25) is 0 Å². The molecule has 7 amide bonds. The smallest absolute Gasteiger partial charge is 0.326 e. The van der Waals surface area contributed by atoms with E-state index in [1.807, 2.05) is 13.8 Å². The normalized spacial score (nSPS) is 16.0. The van der Waals surface area contributed by atoms with Gasteiger partial charge in [0.25, 0.3) is 0 Å². The second-order valence-electron chi connectivity index (χ2n) is 18.0. The molecule has 0 radical (unpaired) electrons. The minimum absolute atomic E-state index is 0.0285. The highest BCUT2D eigenvalue weighted by Crippen LogP contribution is 2.23. The van der Waals surface area contributed by atoms with Gasteiger partial charge in [0, 0.05) is 39.0 Å². The maximum absolute atomic E-state index is 14.4. The van der Waals surface area contributed by atoms with E-state index in [0.29, 0.717) is 37.8 Å². The molecule has 0 unspecified atom stereocenters. The number of aliphatic carboxylic acids is 1. The van der Waals surface area contributed by atoms with Crippen molar-refractivity contribution in [2.45, 2.75) is 141 Å². The van der Waals surface area contributed by atoms with Crippen molar-refractivity contribution in [2.75, 3.05) is 26.2 Å². The van der Waals surface area contributed by atoms with Crippen LogP contribution in [-0.2, 0) is 35.2 Å². The molecule has 1 fully saturated rings. The number of carboxylic acids is 1. The lowest BCUT2D eigenvalue weighted by atomic mass is 9.85. The molecule has 0 spiro atoms. The summed E-state index contributed by atoms with van der Waals surface area (Å²) in [4.78, 5) is 104. The average molecular weight is 940 g/mol. The number of terminal acetylenes is 1. The van der Waals surface area contributed by atoms with E-state index in [2.05, 4.69) is 47.8 Å². The fourth-order valence-corrected chi connectivity index (χ4v) is 7.15. The maximum atomic E-state index is 14.4. The van der Waals surface area contributed by atoms with Gasteiger partial charge in [-0.1, -0.05) is 46.8 Å². The van der Waals surface area contributed by atoms with Gasteiger partial charge in [-0.3, -0.25) is 39.3 Å². The second kappa shape index (κ2) is 28.4. The van der Waals surface area contributed by atoms with Crippen molar-refractivity contribution in [1.29, 1.82) is 0 Å². The third-order valence-electron chi connectivity index (χ3n) is 10.7. The van der Waals surface area contributed by atoms with E-state index < -0.39 is 83.2 Å². The first-order valence-corrected chi connectivity index (χ1v) is 22.7. The standard InChI is InChI=1S/C45H73N13O9/c1-7-8-9-10-21-52-44(67)57-43(49)51-23-12-15-31(53-36(60)30(46)14-11-22-50-42(47)48)40(64)58-24-13-16-34(58)38(62)54-32(26-28-17-19-29(59)20-18-28)37(61)56-35(45(4,5)6)39(63)55-33(41(65)66)25-27(2)3/h1,17-20,27,30-35,59H,8-16,21-26,46H2,2-6H3,(H,53,60)(H,54,62)(H,55,63)(H,56,61)(H,65,66)(H4,47,48,50)(H4,49,51,52,57,67)/t30-,31-,32-,33-,34-,35+/m0/s1. The molecule has 372 valence electrons. The van der Waals surface area contributed by atoms with Crippen molar-refractivity contribution in [2.24, 2.45) is 44.3 Å². The van der Waals surface area contributed by atoms with Crippen LogP contribution < -0.4 is 54.8 Å². The number of phenols is 1. The van der Waals surface area contributed by atoms with Crippen molar-refractivity contribution in [3.8, 4) is 18.1 Å². The maximum Gasteiger partial charge on any atom is 0.326 e. The molecule has 1 aliphatic rings. The summed E-state index contributed by atoms with van der Waals surface area (Å²) in [6.07, 6.45) is 8.78. The van der Waals surface area contributed by atoms with Crippen molar-refractivity contribution < 1.29 is 43.8 Å². The average Bonchev–Trinajstić information content (AvgIpc) is 3.75. The van der Waals surface area contributed by atoms with Crippen LogP contribution in [0.1, 0.15) is 104 Å². The molecule has 1 heterocycles. The zero-order valence-corrected chi connectivity index (χ0v) is 39.4. The molecule has 1 aromatic rings. The van der Waals surface area contributed by atoms with Gasteiger partial charge in [-0.05, 0) is 86.8 Å². The van der Waals surface area contributed by atoms with Gasteiger partial charge >= 0.3 is 12.0 Å². The number of aromatic hydroxyl groups is 1. The van der Waals surface area contributed by atoms with Crippen LogP contribution >= 0.6 is 0 Å². The Balaban J connectivity index is 2.35. The van der Waals surface area contributed by atoms with E-state index >= 15 is 0 Å². The lowest BCUT2D eigenvalue weighted by Crippen LogP contribution is -2.61. The van der Waals surface area contributed by atoms with Gasteiger partial charge in [0.2, 0.25) is 29.5 Å². The predicted octanol–water partition coefficient (Wildman–Crippen LogP) is -0.380. The van der Waals surface area contributed by atoms with E-state index in [-0.39, 0.29) is 81.7 Å². The number of benzene rings is 1. The molecule has 67 heavy (non-hydrogen) atoms. The van der Waals surface area contributed by atoms with Crippen LogP contribution in [-0.4, -0.2) is 131 Å². The number of unbranched alkanes of at least 4 members (excludes halogenated alkanes) is 2. The number of rotatable bonds is 26. The van der Waals surface area contributed by atoms with E-state index in [0.717, 1.165) is 6.42 Å². The molecule has 22 heteroatoms. The van der Waals surface area contributed by atoms with Crippen LogP contribution in [0.4, 0.5) is 4.79 Å². The molecular weight excluding hydrogens is 867 g/mol. The summed E-state index contributed by atoms with van der Waals surface area (Å²) >= 11 is 0. The number of guanidine groups is 2. The summed E-state index contributed by atoms with van der Waals surface area (Å²) < 4.78 is 0. The Kier molecular flexibility index (Phi) is 24.0. The molecule has 22 nitrogen and oxygen atoms in total. The largest absolute Gasteiger partial charge is 0.508 e. The quantitative estimate of drug-likeness (QED) is 0.0244. The third-order valence-corrected chi connectivity index (χ3v) is 10.7. The molecule has 1 saturated heterocycles. The fourth-order valence-electron chi connectivity index (χ4n) is 7.15. The number of carbonyl (C=O) groups is 7. The molecular formula is C45H73N13O9. The highest BCUT2D eigenvalue weighted by molar-refractivity contribution is 5.97. The number of aliphatic imine (C=N–C) groups is 2. The van der Waals surface area contributed by atoms with Crippen LogP contribution in [0.15, 0.2) is 34.3 Å². The Morgan fingerprint density at radius 1 is 0.851 bits per heavy atom. The number of phenolic OH excluding ortho intramolecular Hbond substituents is 1. The minimum Gasteiger partial charge on any atom is -0.508 e. The number of nitrogens with two attached hydrogens (primary N) is 4. The summed E-state index contributed by atoms with van der Waals surface area (Å²) in [7, 11) is 0. The van der Waals surface area contributed by atoms with Gasteiger partial charge in [-0.2, -0.15) is 0 Å². The zero-order chi connectivity index (χ0) is 50.3. The van der Waals surface area contributed by atoms with Crippen LogP contribution in [0.3, 0.4) is 0 Å².